The first kappa shape index (κ1) is 17.2. The zero-order valence-corrected chi connectivity index (χ0v) is 12.6. The molecule has 0 aliphatic carbocycles. The summed E-state index contributed by atoms with van der Waals surface area (Å²) in [7, 11) is 1.39. The van der Waals surface area contributed by atoms with Gasteiger partial charge in [-0.1, -0.05) is 13.3 Å². The summed E-state index contributed by atoms with van der Waals surface area (Å²) in [6.07, 6.45) is 2.91. The molecule has 2 N–H and O–H groups in total. The third kappa shape index (κ3) is 6.94. The fourth-order valence-electron chi connectivity index (χ4n) is 1.64. The molecule has 0 aliphatic rings. The summed E-state index contributed by atoms with van der Waals surface area (Å²) < 4.78 is 23.6. The van der Waals surface area contributed by atoms with Gasteiger partial charge in [0.2, 0.25) is 0 Å². The highest BCUT2D eigenvalue weighted by Gasteiger charge is 2.06. The van der Waals surface area contributed by atoms with Gasteiger partial charge in [0.05, 0.1) is 7.11 Å². The van der Waals surface area contributed by atoms with Gasteiger partial charge in [-0.3, -0.25) is 0 Å². The van der Waals surface area contributed by atoms with Crippen LogP contribution >= 0.6 is 0 Å². The van der Waals surface area contributed by atoms with Crippen LogP contribution < -0.4 is 15.4 Å². The highest BCUT2D eigenvalue weighted by molar-refractivity contribution is 5.89. The largest absolute Gasteiger partial charge is 0.494 e. The Balaban J connectivity index is 2.20. The minimum absolute atomic E-state index is 0.144. The number of ether oxygens (including phenoxy) is 2. The summed E-state index contributed by atoms with van der Waals surface area (Å²) in [6.45, 7) is 4.00. The van der Waals surface area contributed by atoms with E-state index in [1.165, 1.54) is 19.2 Å². The summed E-state index contributed by atoms with van der Waals surface area (Å²) in [5.41, 5.74) is 0.380. The van der Waals surface area contributed by atoms with Crippen molar-refractivity contribution in [3.8, 4) is 5.75 Å². The maximum absolute atomic E-state index is 13.4. The monoisotopic (exact) mass is 298 g/mol. The van der Waals surface area contributed by atoms with Gasteiger partial charge in [-0.15, -0.1) is 0 Å². The molecular weight excluding hydrogens is 275 g/mol. The molecule has 0 spiro atoms. The Kier molecular flexibility index (Phi) is 8.19. The molecule has 0 atom stereocenters. The first-order valence-corrected chi connectivity index (χ1v) is 7.13. The Morgan fingerprint density at radius 2 is 2.05 bits per heavy atom. The zero-order chi connectivity index (χ0) is 15.5. The van der Waals surface area contributed by atoms with E-state index >= 15 is 0 Å². The third-order valence-corrected chi connectivity index (χ3v) is 2.80. The number of anilines is 1. The lowest BCUT2D eigenvalue weighted by Gasteiger charge is -2.09. The van der Waals surface area contributed by atoms with Crippen molar-refractivity contribution >= 4 is 11.7 Å². The molecule has 21 heavy (non-hydrogen) atoms. The van der Waals surface area contributed by atoms with Crippen molar-refractivity contribution in [2.75, 3.05) is 32.2 Å². The Labute approximate surface area is 124 Å². The standard InChI is InChI=1S/C15H23FN2O3/c1-3-4-9-21-10-5-8-17-15(19)18-12-6-7-14(20-2)13(16)11-12/h6-7,11H,3-5,8-10H2,1-2H3,(H2,17,18,19). The summed E-state index contributed by atoms with van der Waals surface area (Å²) in [5, 5.41) is 5.25. The van der Waals surface area contributed by atoms with Gasteiger partial charge in [0.15, 0.2) is 11.6 Å². The number of benzene rings is 1. The molecule has 0 aliphatic heterocycles. The average molecular weight is 298 g/mol. The molecule has 0 unspecified atom stereocenters. The number of methoxy groups -OCH3 is 1. The molecule has 6 heteroatoms. The Morgan fingerprint density at radius 1 is 1.29 bits per heavy atom. The molecule has 0 aromatic heterocycles. The lowest BCUT2D eigenvalue weighted by Crippen LogP contribution is -2.30. The third-order valence-electron chi connectivity index (χ3n) is 2.80. The van der Waals surface area contributed by atoms with E-state index in [-0.39, 0.29) is 11.8 Å². The first-order chi connectivity index (χ1) is 10.2. The van der Waals surface area contributed by atoms with Crippen LogP contribution in [0.3, 0.4) is 0 Å². The van der Waals surface area contributed by atoms with Crippen LogP contribution in [-0.4, -0.2) is 32.9 Å². The second-order valence-electron chi connectivity index (χ2n) is 4.55. The quantitative estimate of drug-likeness (QED) is 0.688. The molecule has 1 aromatic carbocycles. The van der Waals surface area contributed by atoms with Gasteiger partial charge in [-0.2, -0.15) is 0 Å². The lowest BCUT2D eigenvalue weighted by molar-refractivity contribution is 0.129. The number of nitrogens with one attached hydrogen (secondary N) is 2. The van der Waals surface area contributed by atoms with Gasteiger partial charge in [-0.05, 0) is 25.0 Å². The molecule has 0 fully saturated rings. The molecular formula is C15H23FN2O3. The van der Waals surface area contributed by atoms with Crippen LogP contribution in [0.4, 0.5) is 14.9 Å². The molecule has 118 valence electrons. The molecule has 0 heterocycles. The lowest BCUT2D eigenvalue weighted by atomic mass is 10.3. The number of unbranched alkanes of at least 4 members (excludes halogenated alkanes) is 1. The molecule has 1 rings (SSSR count). The second kappa shape index (κ2) is 9.99. The molecule has 2 amide bonds. The van der Waals surface area contributed by atoms with E-state index in [4.69, 9.17) is 9.47 Å². The number of amides is 2. The number of urea groups is 1. The van der Waals surface area contributed by atoms with E-state index in [0.717, 1.165) is 25.9 Å². The van der Waals surface area contributed by atoms with Crippen molar-refractivity contribution in [1.29, 1.82) is 0 Å². The highest BCUT2D eigenvalue weighted by Crippen LogP contribution is 2.20. The van der Waals surface area contributed by atoms with Gasteiger partial charge in [0.25, 0.3) is 0 Å². The van der Waals surface area contributed by atoms with Crippen LogP contribution in [0.2, 0.25) is 0 Å². The van der Waals surface area contributed by atoms with Crippen LogP contribution in [0, 0.1) is 5.82 Å². The average Bonchev–Trinajstić information content (AvgIpc) is 2.46. The van der Waals surface area contributed by atoms with Gasteiger partial charge >= 0.3 is 6.03 Å². The van der Waals surface area contributed by atoms with Crippen LogP contribution in [-0.2, 0) is 4.74 Å². The SMILES string of the molecule is CCCCOCCCNC(=O)Nc1ccc(OC)c(F)c1. The molecule has 0 saturated carbocycles. The summed E-state index contributed by atoms with van der Waals surface area (Å²) in [6, 6.07) is 3.89. The Hall–Kier alpha value is -1.82. The van der Waals surface area contributed by atoms with Crippen molar-refractivity contribution in [3.05, 3.63) is 24.0 Å². The topological polar surface area (TPSA) is 59.6 Å². The molecule has 5 nitrogen and oxygen atoms in total. The van der Waals surface area contributed by atoms with Crippen LogP contribution in [0.25, 0.3) is 0 Å². The fourth-order valence-corrected chi connectivity index (χ4v) is 1.64. The van der Waals surface area contributed by atoms with Crippen molar-refractivity contribution in [3.63, 3.8) is 0 Å². The Morgan fingerprint density at radius 3 is 2.71 bits per heavy atom. The summed E-state index contributed by atoms with van der Waals surface area (Å²) >= 11 is 0. The van der Waals surface area contributed by atoms with E-state index in [1.807, 2.05) is 0 Å². The van der Waals surface area contributed by atoms with Crippen molar-refractivity contribution in [1.82, 2.24) is 5.32 Å². The number of halogens is 1. The van der Waals surface area contributed by atoms with Crippen molar-refractivity contribution in [2.24, 2.45) is 0 Å². The summed E-state index contributed by atoms with van der Waals surface area (Å²) in [4.78, 5) is 11.6. The van der Waals surface area contributed by atoms with Gasteiger partial charge < -0.3 is 20.1 Å². The van der Waals surface area contributed by atoms with E-state index in [2.05, 4.69) is 17.6 Å². The highest BCUT2D eigenvalue weighted by atomic mass is 19.1. The predicted molar refractivity (Wildman–Crippen MR) is 80.3 cm³/mol. The van der Waals surface area contributed by atoms with Crippen molar-refractivity contribution < 1.29 is 18.7 Å². The number of rotatable bonds is 9. The van der Waals surface area contributed by atoms with Crippen molar-refractivity contribution in [2.45, 2.75) is 26.2 Å². The summed E-state index contributed by atoms with van der Waals surface area (Å²) in [5.74, 6) is -0.371. The predicted octanol–water partition coefficient (Wildman–Crippen LogP) is 3.16. The molecule has 0 bridgehead atoms. The van der Waals surface area contributed by atoms with Crippen LogP contribution in [0.5, 0.6) is 5.75 Å². The fraction of sp³-hybridized carbons (Fsp3) is 0.533. The minimum atomic E-state index is -0.514. The number of carbonyl (C=O) groups is 1. The van der Waals surface area contributed by atoms with Gasteiger partial charge in [0.1, 0.15) is 0 Å². The van der Waals surface area contributed by atoms with E-state index in [9.17, 15) is 9.18 Å². The smallest absolute Gasteiger partial charge is 0.319 e. The molecule has 0 radical (unpaired) electrons. The van der Waals surface area contributed by atoms with E-state index in [1.54, 1.807) is 6.07 Å². The number of hydrogen-bond donors (Lipinski definition) is 2. The molecule has 1 aromatic rings. The van der Waals surface area contributed by atoms with E-state index < -0.39 is 5.82 Å². The molecule has 0 saturated heterocycles. The maximum atomic E-state index is 13.4. The van der Waals surface area contributed by atoms with Gasteiger partial charge in [-0.25, -0.2) is 9.18 Å². The maximum Gasteiger partial charge on any atom is 0.319 e. The Bertz CT molecular complexity index is 441. The zero-order valence-electron chi connectivity index (χ0n) is 12.6. The van der Waals surface area contributed by atoms with E-state index in [0.29, 0.717) is 18.8 Å². The minimum Gasteiger partial charge on any atom is -0.494 e. The first-order valence-electron chi connectivity index (χ1n) is 7.13. The van der Waals surface area contributed by atoms with Gasteiger partial charge in [0, 0.05) is 31.5 Å². The second-order valence-corrected chi connectivity index (χ2v) is 4.55. The number of hydrogen-bond acceptors (Lipinski definition) is 3. The van der Waals surface area contributed by atoms with Crippen LogP contribution in [0.15, 0.2) is 18.2 Å². The van der Waals surface area contributed by atoms with Crippen LogP contribution in [0.1, 0.15) is 26.2 Å². The normalized spacial score (nSPS) is 10.2. The number of carbonyl (C=O) groups excluding carboxylic acids is 1.